The molecule has 1 aromatic heterocycles. The van der Waals surface area contributed by atoms with E-state index in [1.165, 1.54) is 22.4 Å². The first-order chi connectivity index (χ1) is 20.4. The number of aliphatic hydroxyl groups excluding tert-OH is 2. The smallest absolute Gasteiger partial charge is 0.328 e. The molecule has 3 atom stereocenters. The number of carboxylic acids is 1. The monoisotopic (exact) mass is 577 g/mol. The SMILES string of the molecule is NC(N)=NC/C(=C\C(=O)O)[C@H](CC[C@H](CCC[C@H](O)CCCCCCO)c1ccc2ccccc2c1)Nc1ccc[nH]1. The van der Waals surface area contributed by atoms with Crippen LogP contribution in [0.3, 0.4) is 0 Å². The van der Waals surface area contributed by atoms with Gasteiger partial charge in [0.1, 0.15) is 5.82 Å². The molecule has 0 saturated heterocycles. The van der Waals surface area contributed by atoms with Crippen molar-refractivity contribution in [2.45, 2.75) is 82.3 Å². The van der Waals surface area contributed by atoms with Crippen molar-refractivity contribution in [3.8, 4) is 0 Å². The van der Waals surface area contributed by atoms with Gasteiger partial charge in [0.2, 0.25) is 0 Å². The molecule has 0 saturated carbocycles. The molecule has 0 aliphatic heterocycles. The minimum atomic E-state index is -1.05. The number of benzene rings is 2. The van der Waals surface area contributed by atoms with Crippen molar-refractivity contribution in [1.29, 1.82) is 0 Å². The van der Waals surface area contributed by atoms with Crippen molar-refractivity contribution in [1.82, 2.24) is 4.98 Å². The summed E-state index contributed by atoms with van der Waals surface area (Å²) in [6.45, 7) is 0.306. The van der Waals surface area contributed by atoms with E-state index in [9.17, 15) is 15.0 Å². The number of unbranched alkanes of at least 4 members (excludes halogenated alkanes) is 3. The minimum absolute atomic E-state index is 0.0815. The van der Waals surface area contributed by atoms with E-state index >= 15 is 0 Å². The highest BCUT2D eigenvalue weighted by Crippen LogP contribution is 2.32. The summed E-state index contributed by atoms with van der Waals surface area (Å²) in [6.07, 6.45) is 11.2. The number of nitrogens with zero attached hydrogens (tertiary/aromatic N) is 1. The van der Waals surface area contributed by atoms with Crippen molar-refractivity contribution < 1.29 is 20.1 Å². The van der Waals surface area contributed by atoms with Gasteiger partial charge < -0.3 is 37.1 Å². The predicted octanol–water partition coefficient (Wildman–Crippen LogP) is 5.27. The molecule has 3 rings (SSSR count). The molecule has 0 bridgehead atoms. The Hall–Kier alpha value is -3.82. The van der Waals surface area contributed by atoms with Gasteiger partial charge in [-0.25, -0.2) is 9.79 Å². The molecular formula is C33H47N5O4. The van der Waals surface area contributed by atoms with Crippen LogP contribution in [0.4, 0.5) is 5.82 Å². The van der Waals surface area contributed by atoms with Crippen LogP contribution in [0, 0.1) is 0 Å². The lowest BCUT2D eigenvalue weighted by molar-refractivity contribution is -0.131. The lowest BCUT2D eigenvalue weighted by Crippen LogP contribution is -2.28. The number of nitrogens with two attached hydrogens (primary N) is 2. The first kappa shape index (κ1) is 32.7. The van der Waals surface area contributed by atoms with E-state index in [1.807, 2.05) is 30.5 Å². The van der Waals surface area contributed by atoms with Crippen LogP contribution in [-0.4, -0.2) is 57.5 Å². The second kappa shape index (κ2) is 17.9. The number of H-pyrrole nitrogens is 1. The van der Waals surface area contributed by atoms with Crippen LogP contribution in [0.2, 0.25) is 0 Å². The zero-order valence-electron chi connectivity index (χ0n) is 24.4. The summed E-state index contributed by atoms with van der Waals surface area (Å²) in [5.74, 6) is -0.143. The highest BCUT2D eigenvalue weighted by atomic mass is 16.4. The number of carboxylic acid groups (broad SMARTS) is 1. The maximum atomic E-state index is 11.7. The predicted molar refractivity (Wildman–Crippen MR) is 171 cm³/mol. The lowest BCUT2D eigenvalue weighted by Gasteiger charge is -2.25. The molecule has 0 spiro atoms. The molecule has 0 unspecified atom stereocenters. The number of aliphatic hydroxyl groups is 2. The zero-order valence-corrected chi connectivity index (χ0v) is 24.4. The van der Waals surface area contributed by atoms with Gasteiger partial charge in [-0.05, 0) is 78.5 Å². The van der Waals surface area contributed by atoms with Crippen LogP contribution in [-0.2, 0) is 4.79 Å². The van der Waals surface area contributed by atoms with Gasteiger partial charge in [-0.15, -0.1) is 0 Å². The molecule has 9 nitrogen and oxygen atoms in total. The molecule has 228 valence electrons. The van der Waals surface area contributed by atoms with Crippen LogP contribution in [0.1, 0.15) is 75.7 Å². The van der Waals surface area contributed by atoms with Gasteiger partial charge in [-0.2, -0.15) is 0 Å². The quantitative estimate of drug-likeness (QED) is 0.0415. The average Bonchev–Trinajstić information content (AvgIpc) is 3.49. The molecule has 3 aromatic rings. The Labute approximate surface area is 248 Å². The van der Waals surface area contributed by atoms with Crippen molar-refractivity contribution in [2.24, 2.45) is 16.5 Å². The summed E-state index contributed by atoms with van der Waals surface area (Å²) in [4.78, 5) is 19.0. The van der Waals surface area contributed by atoms with E-state index in [4.69, 9.17) is 16.6 Å². The van der Waals surface area contributed by atoms with Gasteiger partial charge in [0.15, 0.2) is 5.96 Å². The zero-order chi connectivity index (χ0) is 30.2. The fourth-order valence-electron chi connectivity index (χ4n) is 5.45. The average molecular weight is 578 g/mol. The summed E-state index contributed by atoms with van der Waals surface area (Å²) in [5.41, 5.74) is 13.0. The van der Waals surface area contributed by atoms with Gasteiger partial charge in [-0.1, -0.05) is 68.1 Å². The maximum absolute atomic E-state index is 11.7. The molecule has 9 heteroatoms. The van der Waals surface area contributed by atoms with Crippen molar-refractivity contribution in [2.75, 3.05) is 18.5 Å². The Kier molecular flexibility index (Phi) is 13.9. The van der Waals surface area contributed by atoms with E-state index in [-0.39, 0.29) is 37.2 Å². The Balaban J connectivity index is 1.76. The van der Waals surface area contributed by atoms with Crippen molar-refractivity contribution >= 4 is 28.5 Å². The number of anilines is 1. The molecule has 0 amide bonds. The first-order valence-corrected chi connectivity index (χ1v) is 15.0. The Morgan fingerprint density at radius 2 is 1.67 bits per heavy atom. The number of hydrogen-bond donors (Lipinski definition) is 7. The van der Waals surface area contributed by atoms with Gasteiger partial charge in [-0.3, -0.25) is 0 Å². The van der Waals surface area contributed by atoms with Crippen LogP contribution in [0.15, 0.2) is 77.4 Å². The lowest BCUT2D eigenvalue weighted by atomic mass is 9.85. The summed E-state index contributed by atoms with van der Waals surface area (Å²) >= 11 is 0. The number of aromatic amines is 1. The number of aliphatic carboxylic acids is 1. The molecule has 42 heavy (non-hydrogen) atoms. The first-order valence-electron chi connectivity index (χ1n) is 15.0. The highest BCUT2D eigenvalue weighted by Gasteiger charge is 2.21. The molecule has 0 fully saturated rings. The van der Waals surface area contributed by atoms with Crippen molar-refractivity contribution in [3.63, 3.8) is 0 Å². The number of nitrogens with one attached hydrogen (secondary N) is 2. The number of fused-ring (bicyclic) bond motifs is 1. The molecule has 0 radical (unpaired) electrons. The van der Waals surface area contributed by atoms with E-state index in [1.54, 1.807) is 0 Å². The number of rotatable bonds is 20. The number of aliphatic imine (C=N–C) groups is 1. The van der Waals surface area contributed by atoms with Gasteiger partial charge in [0, 0.05) is 18.9 Å². The summed E-state index contributed by atoms with van der Waals surface area (Å²) < 4.78 is 0. The molecular weight excluding hydrogens is 530 g/mol. The second-order valence-electron chi connectivity index (χ2n) is 11.0. The maximum Gasteiger partial charge on any atom is 0.328 e. The largest absolute Gasteiger partial charge is 0.478 e. The van der Waals surface area contributed by atoms with Crippen LogP contribution in [0.5, 0.6) is 0 Å². The van der Waals surface area contributed by atoms with E-state index in [0.717, 1.165) is 63.6 Å². The van der Waals surface area contributed by atoms with Crippen LogP contribution in [0.25, 0.3) is 10.8 Å². The van der Waals surface area contributed by atoms with Crippen LogP contribution < -0.4 is 16.8 Å². The third-order valence-corrected chi connectivity index (χ3v) is 7.71. The Morgan fingerprint density at radius 1 is 0.905 bits per heavy atom. The van der Waals surface area contributed by atoms with Gasteiger partial charge in [0.25, 0.3) is 0 Å². The third-order valence-electron chi connectivity index (χ3n) is 7.71. The van der Waals surface area contributed by atoms with Crippen LogP contribution >= 0.6 is 0 Å². The topological polar surface area (TPSA) is 170 Å². The summed E-state index contributed by atoms with van der Waals surface area (Å²) in [6, 6.07) is 18.4. The second-order valence-corrected chi connectivity index (χ2v) is 11.0. The molecule has 0 aliphatic carbocycles. The Bertz CT molecular complexity index is 1270. The normalized spacial score (nSPS) is 13.9. The Morgan fingerprint density at radius 3 is 2.38 bits per heavy atom. The number of carbonyl (C=O) groups is 1. The van der Waals surface area contributed by atoms with E-state index in [0.29, 0.717) is 12.0 Å². The third kappa shape index (κ3) is 11.6. The van der Waals surface area contributed by atoms with E-state index < -0.39 is 5.97 Å². The highest BCUT2D eigenvalue weighted by molar-refractivity contribution is 5.83. The number of hydrogen-bond acceptors (Lipinski definition) is 5. The van der Waals surface area contributed by atoms with Crippen molar-refractivity contribution in [3.05, 3.63) is 78.0 Å². The van der Waals surface area contributed by atoms with Gasteiger partial charge >= 0.3 is 5.97 Å². The number of guanidine groups is 1. The molecule has 9 N–H and O–H groups in total. The minimum Gasteiger partial charge on any atom is -0.478 e. The fraction of sp³-hybridized carbons (Fsp3) is 0.455. The summed E-state index contributed by atoms with van der Waals surface area (Å²) in [7, 11) is 0. The molecule has 1 heterocycles. The standard InChI is InChI=1S/C33H47N5O4/c34-33(35)37-23-28(22-32(41)42)30(38-31-14-8-19-36-31)18-17-25(11-7-13-29(40)12-3-1-2-6-20-39)27-16-15-24-9-4-5-10-26(24)21-27/h4-5,8-10,14-16,19,21-22,25,29-30,36,38-40H,1-3,6-7,11-13,17-18,20,23H2,(H,41,42)(H4,34,35,37)/b28-22+/t25-,29+,30-/m0/s1. The van der Waals surface area contributed by atoms with E-state index in [2.05, 4.69) is 45.6 Å². The molecule has 0 aliphatic rings. The van der Waals surface area contributed by atoms with Gasteiger partial charge in [0.05, 0.1) is 18.7 Å². The summed E-state index contributed by atoms with van der Waals surface area (Å²) in [5, 5.41) is 35.0. The molecule has 2 aromatic carbocycles. The number of aromatic nitrogens is 1. The fourth-order valence-corrected chi connectivity index (χ4v) is 5.45.